The maximum absolute atomic E-state index is 13.7. The van der Waals surface area contributed by atoms with Crippen LogP contribution in [0.2, 0.25) is 5.02 Å². The van der Waals surface area contributed by atoms with Crippen molar-refractivity contribution in [3.8, 4) is 0 Å². The largest absolute Gasteiger partial charge is 0.371 e. The molecule has 1 atom stereocenters. The molecule has 1 aliphatic rings. The van der Waals surface area contributed by atoms with Crippen LogP contribution < -0.4 is 10.6 Å². The summed E-state index contributed by atoms with van der Waals surface area (Å²) in [6.45, 7) is 2.30. The van der Waals surface area contributed by atoms with Gasteiger partial charge in [0.25, 0.3) is 5.91 Å². The quantitative estimate of drug-likeness (QED) is 0.863. The van der Waals surface area contributed by atoms with Crippen LogP contribution in [-0.2, 0) is 4.74 Å². The van der Waals surface area contributed by atoms with Crippen molar-refractivity contribution in [3.63, 3.8) is 0 Å². The molecule has 2 aromatic rings. The molecule has 2 aromatic carbocycles. The molecule has 0 bridgehead atoms. The van der Waals surface area contributed by atoms with E-state index in [1.807, 2.05) is 12.1 Å². The van der Waals surface area contributed by atoms with E-state index < -0.39 is 11.7 Å². The highest BCUT2D eigenvalue weighted by atomic mass is 35.5. The molecule has 1 aliphatic heterocycles. The summed E-state index contributed by atoms with van der Waals surface area (Å²) in [6, 6.07) is 11.3. The van der Waals surface area contributed by atoms with E-state index in [1.54, 1.807) is 12.1 Å². The zero-order chi connectivity index (χ0) is 16.2. The van der Waals surface area contributed by atoms with Crippen molar-refractivity contribution in [2.75, 3.05) is 25.0 Å². The van der Waals surface area contributed by atoms with Crippen molar-refractivity contribution >= 4 is 35.6 Å². The minimum atomic E-state index is -0.645. The molecule has 1 unspecified atom stereocenters. The third-order valence-electron chi connectivity index (χ3n) is 3.64. The Kier molecular flexibility index (Phi) is 6.57. The number of morpholine rings is 1. The number of anilines is 1. The number of halogens is 3. The van der Waals surface area contributed by atoms with E-state index in [4.69, 9.17) is 16.3 Å². The lowest BCUT2D eigenvalue weighted by Crippen LogP contribution is -2.33. The molecule has 0 saturated carbocycles. The average molecular weight is 371 g/mol. The van der Waals surface area contributed by atoms with Gasteiger partial charge in [-0.15, -0.1) is 12.4 Å². The van der Waals surface area contributed by atoms with Gasteiger partial charge in [0.15, 0.2) is 0 Å². The van der Waals surface area contributed by atoms with Crippen LogP contribution >= 0.6 is 24.0 Å². The number of benzene rings is 2. The van der Waals surface area contributed by atoms with Crippen molar-refractivity contribution < 1.29 is 13.9 Å². The van der Waals surface area contributed by atoms with Crippen molar-refractivity contribution in [3.05, 3.63) is 64.4 Å². The standard InChI is InChI=1S/C17H16ClFN2O2.ClH/c18-12-3-6-14(15(19)9-12)17(22)21-13-4-1-11(2-5-13)16-10-20-7-8-23-16;/h1-6,9,16,20H,7-8,10H2,(H,21,22);1H. The number of amides is 1. The van der Waals surface area contributed by atoms with Crippen LogP contribution in [0.1, 0.15) is 22.0 Å². The fraction of sp³-hybridized carbons (Fsp3) is 0.235. The van der Waals surface area contributed by atoms with Gasteiger partial charge in [-0.05, 0) is 35.9 Å². The van der Waals surface area contributed by atoms with Crippen LogP contribution in [0.15, 0.2) is 42.5 Å². The van der Waals surface area contributed by atoms with E-state index in [2.05, 4.69) is 10.6 Å². The summed E-state index contributed by atoms with van der Waals surface area (Å²) in [7, 11) is 0. The maximum Gasteiger partial charge on any atom is 0.258 e. The maximum atomic E-state index is 13.7. The molecule has 0 aliphatic carbocycles. The number of rotatable bonds is 3. The molecule has 0 aromatic heterocycles. The molecular formula is C17H17Cl2FN2O2. The van der Waals surface area contributed by atoms with Crippen LogP contribution in [0, 0.1) is 5.82 Å². The summed E-state index contributed by atoms with van der Waals surface area (Å²) in [5.74, 6) is -1.16. The monoisotopic (exact) mass is 370 g/mol. The Labute approximate surface area is 150 Å². The summed E-state index contributed by atoms with van der Waals surface area (Å²) in [4.78, 5) is 12.1. The second kappa shape index (κ2) is 8.44. The minimum Gasteiger partial charge on any atom is -0.371 e. The predicted octanol–water partition coefficient (Wildman–Crippen LogP) is 3.81. The van der Waals surface area contributed by atoms with Gasteiger partial charge in [-0.2, -0.15) is 0 Å². The zero-order valence-corrected chi connectivity index (χ0v) is 14.3. The molecule has 128 valence electrons. The fourth-order valence-corrected chi connectivity index (χ4v) is 2.59. The highest BCUT2D eigenvalue weighted by Gasteiger charge is 2.16. The Bertz CT molecular complexity index is 704. The van der Waals surface area contributed by atoms with Gasteiger partial charge in [0.05, 0.1) is 18.3 Å². The Morgan fingerprint density at radius 2 is 2.00 bits per heavy atom. The summed E-state index contributed by atoms with van der Waals surface area (Å²) in [5, 5.41) is 6.19. The number of carbonyl (C=O) groups is 1. The molecule has 24 heavy (non-hydrogen) atoms. The molecule has 0 spiro atoms. The lowest BCUT2D eigenvalue weighted by molar-refractivity contribution is 0.0277. The smallest absolute Gasteiger partial charge is 0.258 e. The summed E-state index contributed by atoms with van der Waals surface area (Å²) in [6.07, 6.45) is 0.0159. The van der Waals surface area contributed by atoms with E-state index >= 15 is 0 Å². The molecule has 2 N–H and O–H groups in total. The number of carbonyl (C=O) groups excluding carboxylic acids is 1. The third kappa shape index (κ3) is 4.45. The van der Waals surface area contributed by atoms with Crippen LogP contribution in [0.3, 0.4) is 0 Å². The Balaban J connectivity index is 0.00000208. The highest BCUT2D eigenvalue weighted by Crippen LogP contribution is 2.21. The number of hydrogen-bond acceptors (Lipinski definition) is 3. The molecule has 1 heterocycles. The summed E-state index contributed by atoms with van der Waals surface area (Å²) >= 11 is 5.68. The molecule has 1 fully saturated rings. The summed E-state index contributed by atoms with van der Waals surface area (Å²) in [5.41, 5.74) is 1.59. The first-order chi connectivity index (χ1) is 11.1. The van der Waals surface area contributed by atoms with Gasteiger partial charge >= 0.3 is 0 Å². The van der Waals surface area contributed by atoms with Gasteiger partial charge in [0.1, 0.15) is 5.82 Å². The molecule has 0 radical (unpaired) electrons. The predicted molar refractivity (Wildman–Crippen MR) is 94.6 cm³/mol. The van der Waals surface area contributed by atoms with Crippen LogP contribution in [0.5, 0.6) is 0 Å². The first-order valence-electron chi connectivity index (χ1n) is 7.32. The second-order valence-electron chi connectivity index (χ2n) is 5.26. The molecule has 1 amide bonds. The van der Waals surface area contributed by atoms with Crippen molar-refractivity contribution in [1.29, 1.82) is 0 Å². The summed E-state index contributed by atoms with van der Waals surface area (Å²) < 4.78 is 19.4. The molecule has 3 rings (SSSR count). The van der Waals surface area contributed by atoms with Gasteiger partial charge in [-0.25, -0.2) is 4.39 Å². The fourth-order valence-electron chi connectivity index (χ4n) is 2.43. The topological polar surface area (TPSA) is 50.4 Å². The number of ether oxygens (including phenoxy) is 1. The molecular weight excluding hydrogens is 354 g/mol. The second-order valence-corrected chi connectivity index (χ2v) is 5.70. The van der Waals surface area contributed by atoms with Crippen LogP contribution in [-0.4, -0.2) is 25.6 Å². The van der Waals surface area contributed by atoms with Gasteiger partial charge in [-0.3, -0.25) is 4.79 Å². The third-order valence-corrected chi connectivity index (χ3v) is 3.88. The van der Waals surface area contributed by atoms with Crippen LogP contribution in [0.4, 0.5) is 10.1 Å². The van der Waals surface area contributed by atoms with Gasteiger partial charge in [0, 0.05) is 23.8 Å². The van der Waals surface area contributed by atoms with Crippen molar-refractivity contribution in [2.45, 2.75) is 6.10 Å². The Morgan fingerprint density at radius 3 is 2.62 bits per heavy atom. The number of nitrogens with one attached hydrogen (secondary N) is 2. The van der Waals surface area contributed by atoms with Crippen molar-refractivity contribution in [2.24, 2.45) is 0 Å². The Morgan fingerprint density at radius 1 is 1.25 bits per heavy atom. The van der Waals surface area contributed by atoms with E-state index in [-0.39, 0.29) is 29.1 Å². The minimum absolute atomic E-state index is 0. The van der Waals surface area contributed by atoms with Gasteiger partial charge in [-0.1, -0.05) is 23.7 Å². The van der Waals surface area contributed by atoms with E-state index in [0.29, 0.717) is 12.3 Å². The average Bonchev–Trinajstić information content (AvgIpc) is 2.56. The molecule has 4 nitrogen and oxygen atoms in total. The van der Waals surface area contributed by atoms with E-state index in [0.717, 1.165) is 24.7 Å². The highest BCUT2D eigenvalue weighted by molar-refractivity contribution is 6.30. The first-order valence-corrected chi connectivity index (χ1v) is 7.70. The molecule has 7 heteroatoms. The molecule has 1 saturated heterocycles. The van der Waals surface area contributed by atoms with E-state index in [9.17, 15) is 9.18 Å². The van der Waals surface area contributed by atoms with Gasteiger partial charge in [0.2, 0.25) is 0 Å². The lowest BCUT2D eigenvalue weighted by Gasteiger charge is -2.24. The Hall–Kier alpha value is -1.66. The zero-order valence-electron chi connectivity index (χ0n) is 12.7. The normalized spacial score (nSPS) is 17.0. The van der Waals surface area contributed by atoms with Crippen LogP contribution in [0.25, 0.3) is 0 Å². The number of hydrogen-bond donors (Lipinski definition) is 2. The first kappa shape index (κ1) is 18.7. The lowest BCUT2D eigenvalue weighted by atomic mass is 10.1. The SMILES string of the molecule is Cl.O=C(Nc1ccc(C2CNCCO2)cc1)c1ccc(Cl)cc1F. The van der Waals surface area contributed by atoms with Crippen molar-refractivity contribution in [1.82, 2.24) is 5.32 Å². The van der Waals surface area contributed by atoms with Gasteiger partial charge < -0.3 is 15.4 Å². The van der Waals surface area contributed by atoms with E-state index in [1.165, 1.54) is 12.1 Å².